The molecule has 0 amide bonds. The van der Waals surface area contributed by atoms with Gasteiger partial charge in [-0.2, -0.15) is 0 Å². The molecule has 2 nitrogen and oxygen atoms in total. The number of benzene rings is 2. The molecule has 1 aliphatic heterocycles. The van der Waals surface area contributed by atoms with Crippen LogP contribution in [-0.4, -0.2) is 6.54 Å². The zero-order valence-electron chi connectivity index (χ0n) is 12.3. The monoisotopic (exact) mass is 284 g/mol. The van der Waals surface area contributed by atoms with Gasteiger partial charge in [-0.15, -0.1) is 0 Å². The predicted molar refractivity (Wildman–Crippen MR) is 84.9 cm³/mol. The molecule has 1 aliphatic rings. The minimum atomic E-state index is -0.147. The van der Waals surface area contributed by atoms with Crippen molar-refractivity contribution >= 4 is 5.69 Å². The highest BCUT2D eigenvalue weighted by Crippen LogP contribution is 2.26. The molecule has 3 rings (SSSR count). The summed E-state index contributed by atoms with van der Waals surface area (Å²) < 4.78 is 13.8. The van der Waals surface area contributed by atoms with Crippen LogP contribution in [0.1, 0.15) is 36.1 Å². The third-order valence-electron chi connectivity index (χ3n) is 4.13. The van der Waals surface area contributed by atoms with Crippen LogP contribution in [0, 0.1) is 5.82 Å². The minimum Gasteiger partial charge on any atom is -0.385 e. The van der Waals surface area contributed by atoms with Crippen LogP contribution >= 0.6 is 0 Å². The number of aryl methyl sites for hydroxylation is 1. The zero-order valence-corrected chi connectivity index (χ0v) is 12.3. The summed E-state index contributed by atoms with van der Waals surface area (Å²) in [6.45, 7) is 3.78. The Hall–Kier alpha value is -1.87. The van der Waals surface area contributed by atoms with E-state index in [0.29, 0.717) is 0 Å². The van der Waals surface area contributed by atoms with Crippen molar-refractivity contribution in [3.8, 4) is 0 Å². The predicted octanol–water partition coefficient (Wildman–Crippen LogP) is 4.03. The van der Waals surface area contributed by atoms with Crippen molar-refractivity contribution in [2.75, 3.05) is 11.9 Å². The number of anilines is 1. The topological polar surface area (TPSA) is 24.1 Å². The van der Waals surface area contributed by atoms with E-state index in [9.17, 15) is 4.39 Å². The summed E-state index contributed by atoms with van der Waals surface area (Å²) in [4.78, 5) is 0. The number of halogens is 1. The average molecular weight is 284 g/mol. The zero-order chi connectivity index (χ0) is 14.7. The fourth-order valence-electron chi connectivity index (χ4n) is 2.93. The Morgan fingerprint density at radius 1 is 1.19 bits per heavy atom. The number of rotatable bonds is 4. The van der Waals surface area contributed by atoms with Crippen LogP contribution < -0.4 is 10.6 Å². The largest absolute Gasteiger partial charge is 0.385 e. The normalized spacial score (nSPS) is 15.1. The maximum absolute atomic E-state index is 13.8. The van der Waals surface area contributed by atoms with E-state index in [-0.39, 0.29) is 11.9 Å². The first-order valence-electron chi connectivity index (χ1n) is 7.58. The Bertz CT molecular complexity index is 624. The van der Waals surface area contributed by atoms with E-state index < -0.39 is 0 Å². The molecule has 0 aromatic heterocycles. The molecule has 2 aromatic rings. The number of hydrogen-bond acceptors (Lipinski definition) is 2. The van der Waals surface area contributed by atoms with Crippen LogP contribution in [0.4, 0.5) is 10.1 Å². The van der Waals surface area contributed by atoms with Gasteiger partial charge in [0.1, 0.15) is 5.82 Å². The lowest BCUT2D eigenvalue weighted by Gasteiger charge is -2.22. The minimum absolute atomic E-state index is 0.00866. The Morgan fingerprint density at radius 3 is 2.90 bits per heavy atom. The SMILES string of the molecule is CC(NCc1cccc2c1NCCC2)c1ccccc1F. The Morgan fingerprint density at radius 2 is 2.05 bits per heavy atom. The molecule has 0 saturated carbocycles. The summed E-state index contributed by atoms with van der Waals surface area (Å²) in [5, 5.41) is 6.92. The smallest absolute Gasteiger partial charge is 0.127 e. The Labute approximate surface area is 125 Å². The molecule has 2 N–H and O–H groups in total. The first-order valence-corrected chi connectivity index (χ1v) is 7.58. The maximum atomic E-state index is 13.8. The molecule has 0 saturated heterocycles. The van der Waals surface area contributed by atoms with E-state index in [4.69, 9.17) is 0 Å². The van der Waals surface area contributed by atoms with Crippen LogP contribution in [-0.2, 0) is 13.0 Å². The molecule has 0 spiro atoms. The van der Waals surface area contributed by atoms with Crippen LogP contribution in [0.2, 0.25) is 0 Å². The molecule has 3 heteroatoms. The summed E-state index contributed by atoms with van der Waals surface area (Å²) in [7, 11) is 0. The molecule has 21 heavy (non-hydrogen) atoms. The maximum Gasteiger partial charge on any atom is 0.127 e. The van der Waals surface area contributed by atoms with Crippen molar-refractivity contribution in [1.82, 2.24) is 5.32 Å². The standard InChI is InChI=1S/C18H21FN2/c1-13(16-9-2-3-10-17(16)19)21-12-15-7-4-6-14-8-5-11-20-18(14)15/h2-4,6-7,9-10,13,20-21H,5,8,11-12H2,1H3. The number of para-hydroxylation sites is 1. The van der Waals surface area contributed by atoms with Gasteiger partial charge in [-0.25, -0.2) is 4.39 Å². The van der Waals surface area contributed by atoms with Gasteiger partial charge in [-0.1, -0.05) is 36.4 Å². The van der Waals surface area contributed by atoms with Crippen LogP contribution in [0.25, 0.3) is 0 Å². The second-order valence-corrected chi connectivity index (χ2v) is 5.61. The van der Waals surface area contributed by atoms with Crippen LogP contribution in [0.15, 0.2) is 42.5 Å². The molecule has 1 heterocycles. The number of nitrogens with one attached hydrogen (secondary N) is 2. The van der Waals surface area contributed by atoms with Crippen molar-refractivity contribution < 1.29 is 4.39 Å². The fourth-order valence-corrected chi connectivity index (χ4v) is 2.93. The number of hydrogen-bond donors (Lipinski definition) is 2. The van der Waals surface area contributed by atoms with E-state index in [0.717, 1.165) is 25.1 Å². The molecule has 0 bridgehead atoms. The van der Waals surface area contributed by atoms with Gasteiger partial charge in [0.05, 0.1) is 0 Å². The van der Waals surface area contributed by atoms with Gasteiger partial charge < -0.3 is 10.6 Å². The van der Waals surface area contributed by atoms with Crippen molar-refractivity contribution in [3.05, 3.63) is 65.0 Å². The highest BCUT2D eigenvalue weighted by atomic mass is 19.1. The summed E-state index contributed by atoms with van der Waals surface area (Å²) in [6, 6.07) is 13.4. The Balaban J connectivity index is 1.72. The molecule has 110 valence electrons. The van der Waals surface area contributed by atoms with Crippen molar-refractivity contribution in [2.24, 2.45) is 0 Å². The second-order valence-electron chi connectivity index (χ2n) is 5.61. The summed E-state index contributed by atoms with van der Waals surface area (Å²) in [5.74, 6) is -0.147. The third-order valence-corrected chi connectivity index (χ3v) is 4.13. The molecule has 0 aliphatic carbocycles. The Kier molecular flexibility index (Phi) is 4.20. The van der Waals surface area contributed by atoms with Crippen LogP contribution in [0.3, 0.4) is 0 Å². The molecule has 0 fully saturated rings. The van der Waals surface area contributed by atoms with Gasteiger partial charge in [-0.3, -0.25) is 0 Å². The molecule has 1 unspecified atom stereocenters. The molecule has 0 radical (unpaired) electrons. The first-order chi connectivity index (χ1) is 10.3. The summed E-state index contributed by atoms with van der Waals surface area (Å²) in [5.41, 5.74) is 4.63. The van der Waals surface area contributed by atoms with Crippen molar-refractivity contribution in [3.63, 3.8) is 0 Å². The van der Waals surface area contributed by atoms with Crippen molar-refractivity contribution in [1.29, 1.82) is 0 Å². The summed E-state index contributed by atoms with van der Waals surface area (Å²) >= 11 is 0. The van der Waals surface area contributed by atoms with E-state index in [1.807, 2.05) is 19.1 Å². The van der Waals surface area contributed by atoms with Gasteiger partial charge in [0.25, 0.3) is 0 Å². The van der Waals surface area contributed by atoms with E-state index in [1.165, 1.54) is 29.3 Å². The molecule has 1 atom stereocenters. The van der Waals surface area contributed by atoms with E-state index in [1.54, 1.807) is 6.07 Å². The van der Waals surface area contributed by atoms with Gasteiger partial charge in [0, 0.05) is 30.4 Å². The quantitative estimate of drug-likeness (QED) is 0.885. The highest BCUT2D eigenvalue weighted by Gasteiger charge is 2.14. The van der Waals surface area contributed by atoms with Crippen molar-refractivity contribution in [2.45, 2.75) is 32.4 Å². The molecular formula is C18H21FN2. The molecular weight excluding hydrogens is 263 g/mol. The van der Waals surface area contributed by atoms with Gasteiger partial charge in [0.15, 0.2) is 0 Å². The lowest BCUT2D eigenvalue weighted by atomic mass is 9.99. The lowest BCUT2D eigenvalue weighted by Crippen LogP contribution is -2.21. The van der Waals surface area contributed by atoms with Gasteiger partial charge >= 0.3 is 0 Å². The average Bonchev–Trinajstić information content (AvgIpc) is 2.53. The lowest BCUT2D eigenvalue weighted by molar-refractivity contribution is 0.528. The highest BCUT2D eigenvalue weighted by molar-refractivity contribution is 5.59. The molecule has 2 aromatic carbocycles. The van der Waals surface area contributed by atoms with Gasteiger partial charge in [0.2, 0.25) is 0 Å². The van der Waals surface area contributed by atoms with Gasteiger partial charge in [-0.05, 0) is 37.0 Å². The third kappa shape index (κ3) is 3.08. The second kappa shape index (κ2) is 6.27. The fraction of sp³-hybridized carbons (Fsp3) is 0.333. The van der Waals surface area contributed by atoms with E-state index in [2.05, 4.69) is 28.8 Å². The number of fused-ring (bicyclic) bond motifs is 1. The van der Waals surface area contributed by atoms with E-state index >= 15 is 0 Å². The first kappa shape index (κ1) is 14.1. The summed E-state index contributed by atoms with van der Waals surface area (Å²) in [6.07, 6.45) is 2.33. The van der Waals surface area contributed by atoms with Crippen LogP contribution in [0.5, 0.6) is 0 Å².